The van der Waals surface area contributed by atoms with Crippen LogP contribution in [0.5, 0.6) is 11.5 Å². The summed E-state index contributed by atoms with van der Waals surface area (Å²) in [6, 6.07) is 26.4. The van der Waals surface area contributed by atoms with E-state index in [4.69, 9.17) is 9.47 Å². The Bertz CT molecular complexity index is 1810. The minimum absolute atomic E-state index is 0.00226. The zero-order chi connectivity index (χ0) is 32.8. The molecule has 1 aliphatic heterocycles. The summed E-state index contributed by atoms with van der Waals surface area (Å²) in [5.41, 5.74) is 3.16. The zero-order valence-electron chi connectivity index (χ0n) is 25.7. The lowest BCUT2D eigenvalue weighted by atomic mass is 10.0. The van der Waals surface area contributed by atoms with Crippen LogP contribution in [0.4, 0.5) is 4.39 Å². The predicted molar refractivity (Wildman–Crippen MR) is 173 cm³/mol. The maximum absolute atomic E-state index is 14.0. The van der Waals surface area contributed by atoms with Crippen LogP contribution in [0.15, 0.2) is 102 Å². The first-order valence-electron chi connectivity index (χ1n) is 15.6. The zero-order valence-corrected chi connectivity index (χ0v) is 26.5. The van der Waals surface area contributed by atoms with E-state index in [1.54, 1.807) is 47.4 Å². The van der Waals surface area contributed by atoms with Crippen molar-refractivity contribution in [1.29, 1.82) is 0 Å². The molecule has 47 heavy (non-hydrogen) atoms. The Kier molecular flexibility index (Phi) is 9.84. The molecule has 1 atom stereocenters. The quantitative estimate of drug-likeness (QED) is 0.200. The predicted octanol–water partition coefficient (Wildman–Crippen LogP) is 4.88. The SMILES string of the molecule is O=C(NCc1ccc2c(c1)OCO2)[C@H](Cc1ccccc1)N(Cc1ccc(F)cc1)C(=O)CCc1ccc(S(=O)(=O)NC2CC2)cc1. The summed E-state index contributed by atoms with van der Waals surface area (Å²) in [5, 5.41) is 3.00. The average Bonchev–Trinajstić information content (AvgIpc) is 3.76. The summed E-state index contributed by atoms with van der Waals surface area (Å²) < 4.78 is 52.5. The summed E-state index contributed by atoms with van der Waals surface area (Å²) >= 11 is 0. The van der Waals surface area contributed by atoms with E-state index in [1.165, 1.54) is 12.1 Å². The van der Waals surface area contributed by atoms with Gasteiger partial charge in [0.2, 0.25) is 28.6 Å². The van der Waals surface area contributed by atoms with Crippen LogP contribution < -0.4 is 19.5 Å². The molecule has 0 radical (unpaired) electrons. The van der Waals surface area contributed by atoms with Gasteiger partial charge in [-0.1, -0.05) is 60.7 Å². The molecule has 0 spiro atoms. The number of sulfonamides is 1. The van der Waals surface area contributed by atoms with Crippen LogP contribution in [0.25, 0.3) is 0 Å². The lowest BCUT2D eigenvalue weighted by Crippen LogP contribution is -2.50. The highest BCUT2D eigenvalue weighted by atomic mass is 32.2. The maximum Gasteiger partial charge on any atom is 0.243 e. The molecule has 9 nitrogen and oxygen atoms in total. The normalized spacial score (nSPS) is 14.4. The molecule has 0 unspecified atom stereocenters. The van der Waals surface area contributed by atoms with Gasteiger partial charge in [-0.3, -0.25) is 9.59 Å². The number of nitrogens with zero attached hydrogens (tertiary/aromatic N) is 1. The van der Waals surface area contributed by atoms with Gasteiger partial charge in [-0.25, -0.2) is 17.5 Å². The Morgan fingerprint density at radius 3 is 2.23 bits per heavy atom. The van der Waals surface area contributed by atoms with E-state index in [1.807, 2.05) is 42.5 Å². The van der Waals surface area contributed by atoms with Gasteiger partial charge in [-0.2, -0.15) is 0 Å². The lowest BCUT2D eigenvalue weighted by Gasteiger charge is -2.32. The molecule has 244 valence electrons. The van der Waals surface area contributed by atoms with Crippen molar-refractivity contribution in [3.05, 3.63) is 125 Å². The Morgan fingerprint density at radius 2 is 1.51 bits per heavy atom. The molecule has 1 aliphatic carbocycles. The Morgan fingerprint density at radius 1 is 0.830 bits per heavy atom. The average molecular weight is 658 g/mol. The number of benzene rings is 4. The number of aryl methyl sites for hydroxylation is 1. The number of amides is 2. The molecule has 2 amide bonds. The first-order valence-corrected chi connectivity index (χ1v) is 17.1. The van der Waals surface area contributed by atoms with Crippen LogP contribution in [-0.2, 0) is 45.5 Å². The third kappa shape index (κ3) is 8.55. The number of hydrogen-bond donors (Lipinski definition) is 2. The number of hydrogen-bond acceptors (Lipinski definition) is 6. The van der Waals surface area contributed by atoms with Crippen LogP contribution in [0.1, 0.15) is 41.5 Å². The number of nitrogens with one attached hydrogen (secondary N) is 2. The molecular weight excluding hydrogens is 621 g/mol. The first-order chi connectivity index (χ1) is 22.7. The van der Waals surface area contributed by atoms with Crippen LogP contribution >= 0.6 is 0 Å². The van der Waals surface area contributed by atoms with Gasteiger partial charge in [0.15, 0.2) is 11.5 Å². The smallest absolute Gasteiger partial charge is 0.243 e. The van der Waals surface area contributed by atoms with E-state index in [2.05, 4.69) is 10.0 Å². The second-order valence-electron chi connectivity index (χ2n) is 11.8. The molecule has 1 fully saturated rings. The molecule has 2 aliphatic rings. The van der Waals surface area contributed by atoms with Crippen LogP contribution in [-0.4, -0.2) is 44.0 Å². The van der Waals surface area contributed by atoms with E-state index >= 15 is 0 Å². The third-order valence-corrected chi connectivity index (χ3v) is 9.74. The fourth-order valence-corrected chi connectivity index (χ4v) is 6.72. The van der Waals surface area contributed by atoms with Crippen molar-refractivity contribution >= 4 is 21.8 Å². The molecule has 0 saturated heterocycles. The number of halogens is 1. The van der Waals surface area contributed by atoms with E-state index < -0.39 is 21.9 Å². The van der Waals surface area contributed by atoms with Gasteiger partial charge < -0.3 is 19.7 Å². The maximum atomic E-state index is 14.0. The second-order valence-corrected chi connectivity index (χ2v) is 13.5. The van der Waals surface area contributed by atoms with Gasteiger partial charge in [0.05, 0.1) is 4.90 Å². The Labute approximate surface area is 273 Å². The highest BCUT2D eigenvalue weighted by Gasteiger charge is 2.31. The van der Waals surface area contributed by atoms with Crippen LogP contribution in [0.2, 0.25) is 0 Å². The van der Waals surface area contributed by atoms with Gasteiger partial charge in [0, 0.05) is 32.0 Å². The third-order valence-electron chi connectivity index (χ3n) is 8.20. The molecule has 0 bridgehead atoms. The number of ether oxygens (including phenoxy) is 2. The largest absolute Gasteiger partial charge is 0.454 e. The van der Waals surface area contributed by atoms with Gasteiger partial charge in [-0.05, 0) is 77.9 Å². The van der Waals surface area contributed by atoms with Crippen LogP contribution in [0.3, 0.4) is 0 Å². The van der Waals surface area contributed by atoms with E-state index in [0.29, 0.717) is 23.5 Å². The molecule has 1 saturated carbocycles. The molecule has 2 N–H and O–H groups in total. The van der Waals surface area contributed by atoms with Crippen molar-refractivity contribution in [3.8, 4) is 11.5 Å². The molecule has 1 heterocycles. The van der Waals surface area contributed by atoms with Crippen molar-refractivity contribution in [3.63, 3.8) is 0 Å². The van der Waals surface area contributed by atoms with Crippen molar-refractivity contribution < 1.29 is 31.9 Å². The number of rotatable bonds is 14. The minimum atomic E-state index is -3.58. The fourth-order valence-electron chi connectivity index (χ4n) is 5.42. The Hall–Kier alpha value is -4.74. The summed E-state index contributed by atoms with van der Waals surface area (Å²) in [6.07, 6.45) is 2.37. The van der Waals surface area contributed by atoms with E-state index in [9.17, 15) is 22.4 Å². The minimum Gasteiger partial charge on any atom is -0.454 e. The van der Waals surface area contributed by atoms with E-state index in [-0.39, 0.29) is 55.5 Å². The standard InChI is InChI=1S/C36H36FN3O6S/c37-29-12-6-27(7-13-29)23-40(35(41)19-11-25-8-16-31(17-9-25)47(43,44)39-30-14-15-30)32(20-26-4-2-1-3-5-26)36(42)38-22-28-10-18-33-34(21-28)46-24-45-33/h1-10,12-13,16-18,21,30,32,39H,11,14-15,19-20,22-24H2,(H,38,42)/t32-/m0/s1. The molecule has 0 aromatic heterocycles. The molecule has 6 rings (SSSR count). The summed E-state index contributed by atoms with van der Waals surface area (Å²) in [4.78, 5) is 29.7. The second kappa shape index (κ2) is 14.4. The van der Waals surface area contributed by atoms with Crippen molar-refractivity contribution in [1.82, 2.24) is 14.9 Å². The van der Waals surface area contributed by atoms with Crippen LogP contribution in [0, 0.1) is 5.82 Å². The van der Waals surface area contributed by atoms with Gasteiger partial charge >= 0.3 is 0 Å². The topological polar surface area (TPSA) is 114 Å². The van der Waals surface area contributed by atoms with E-state index in [0.717, 1.165) is 29.5 Å². The van der Waals surface area contributed by atoms with Crippen molar-refractivity contribution in [2.75, 3.05) is 6.79 Å². The summed E-state index contributed by atoms with van der Waals surface area (Å²) in [7, 11) is -3.58. The highest BCUT2D eigenvalue weighted by Crippen LogP contribution is 2.32. The Balaban J connectivity index is 1.21. The summed E-state index contributed by atoms with van der Waals surface area (Å²) in [5.74, 6) is 0.256. The van der Waals surface area contributed by atoms with Gasteiger partial charge in [0.1, 0.15) is 11.9 Å². The molecule has 11 heteroatoms. The summed E-state index contributed by atoms with van der Waals surface area (Å²) in [6.45, 7) is 0.452. The lowest BCUT2D eigenvalue weighted by molar-refractivity contribution is -0.141. The molecular formula is C36H36FN3O6S. The number of fused-ring (bicyclic) bond motifs is 1. The monoisotopic (exact) mass is 657 g/mol. The molecule has 4 aromatic rings. The first kappa shape index (κ1) is 32.2. The fraction of sp³-hybridized carbons (Fsp3) is 0.278. The number of carbonyl (C=O) groups is 2. The number of carbonyl (C=O) groups excluding carboxylic acids is 2. The van der Waals surface area contributed by atoms with Gasteiger partial charge in [-0.15, -0.1) is 0 Å². The van der Waals surface area contributed by atoms with Gasteiger partial charge in [0.25, 0.3) is 0 Å². The highest BCUT2D eigenvalue weighted by molar-refractivity contribution is 7.89. The van der Waals surface area contributed by atoms with Crippen molar-refractivity contribution in [2.45, 2.75) is 62.2 Å². The molecule has 4 aromatic carbocycles. The van der Waals surface area contributed by atoms with Crippen molar-refractivity contribution in [2.24, 2.45) is 0 Å².